The molecule has 0 saturated heterocycles. The molecule has 0 aliphatic heterocycles. The van der Waals surface area contributed by atoms with Crippen LogP contribution in [-0.4, -0.2) is 19.0 Å². The topological polar surface area (TPSA) is 55.3 Å². The third kappa shape index (κ3) is 3.56. The molecule has 118 valence electrons. The summed E-state index contributed by atoms with van der Waals surface area (Å²) >= 11 is 0. The molecule has 0 bridgehead atoms. The van der Waals surface area contributed by atoms with E-state index in [1.165, 1.54) is 27.6 Å². The first kappa shape index (κ1) is 16.3. The summed E-state index contributed by atoms with van der Waals surface area (Å²) in [5, 5.41) is 7.51. The van der Waals surface area contributed by atoms with Crippen LogP contribution in [0.4, 0.5) is 5.82 Å². The Kier molecular flexibility index (Phi) is 5.01. The Balaban J connectivity index is 2.09. The quantitative estimate of drug-likeness (QED) is 0.834. The van der Waals surface area contributed by atoms with E-state index >= 15 is 0 Å². The summed E-state index contributed by atoms with van der Waals surface area (Å²) in [4.78, 5) is 15.0. The van der Waals surface area contributed by atoms with E-state index in [9.17, 15) is 4.79 Å². The fourth-order valence-corrected chi connectivity index (χ4v) is 2.41. The van der Waals surface area contributed by atoms with Crippen LogP contribution in [0.5, 0.6) is 0 Å². The smallest absolute Gasteiger partial charge is 0.275 e. The SMILES string of the molecule is Cc1cc2ccc(C)c(C)c2[nH+]c1NCCNC(=O)C(C)C. The highest BCUT2D eigenvalue weighted by molar-refractivity contribution is 5.81. The lowest BCUT2D eigenvalue weighted by atomic mass is 10.0. The average molecular weight is 300 g/mol. The second-order valence-corrected chi connectivity index (χ2v) is 6.17. The van der Waals surface area contributed by atoms with Crippen molar-refractivity contribution in [3.63, 3.8) is 0 Å². The molecule has 0 spiro atoms. The fraction of sp³-hybridized carbons (Fsp3) is 0.444. The summed E-state index contributed by atoms with van der Waals surface area (Å²) in [5.41, 5.74) is 4.89. The highest BCUT2D eigenvalue weighted by Gasteiger charge is 2.12. The molecule has 22 heavy (non-hydrogen) atoms. The minimum atomic E-state index is 0.0274. The number of hydrogen-bond acceptors (Lipinski definition) is 2. The zero-order chi connectivity index (χ0) is 16.3. The summed E-state index contributed by atoms with van der Waals surface area (Å²) in [6.07, 6.45) is 0. The maximum Gasteiger partial charge on any atom is 0.275 e. The van der Waals surface area contributed by atoms with Crippen molar-refractivity contribution in [1.82, 2.24) is 5.32 Å². The van der Waals surface area contributed by atoms with Gasteiger partial charge < -0.3 is 5.32 Å². The van der Waals surface area contributed by atoms with Gasteiger partial charge in [0.1, 0.15) is 12.1 Å². The van der Waals surface area contributed by atoms with Gasteiger partial charge in [0, 0.05) is 16.9 Å². The van der Waals surface area contributed by atoms with E-state index in [1.807, 2.05) is 13.8 Å². The van der Waals surface area contributed by atoms with Crippen molar-refractivity contribution in [1.29, 1.82) is 0 Å². The van der Waals surface area contributed by atoms with Crippen LogP contribution >= 0.6 is 0 Å². The van der Waals surface area contributed by atoms with E-state index in [0.29, 0.717) is 13.1 Å². The average Bonchev–Trinajstić information content (AvgIpc) is 2.48. The van der Waals surface area contributed by atoms with Gasteiger partial charge in [-0.3, -0.25) is 10.1 Å². The van der Waals surface area contributed by atoms with Gasteiger partial charge in [0.25, 0.3) is 5.82 Å². The standard InChI is InChI=1S/C18H25N3O/c1-11(2)18(22)20-9-8-19-17-13(4)10-15-7-6-12(3)14(5)16(15)21-17/h6-7,10-11H,8-9H2,1-5H3,(H,19,21)(H,20,22)/p+1. The van der Waals surface area contributed by atoms with Gasteiger partial charge in [-0.05, 0) is 38.0 Å². The van der Waals surface area contributed by atoms with Crippen LogP contribution < -0.4 is 15.6 Å². The first-order valence-corrected chi connectivity index (χ1v) is 7.84. The van der Waals surface area contributed by atoms with Crippen molar-refractivity contribution in [2.45, 2.75) is 34.6 Å². The molecule has 0 aliphatic rings. The van der Waals surface area contributed by atoms with Crippen LogP contribution in [0, 0.1) is 26.7 Å². The molecule has 3 N–H and O–H groups in total. The van der Waals surface area contributed by atoms with Crippen molar-refractivity contribution >= 4 is 22.6 Å². The maximum absolute atomic E-state index is 11.5. The minimum absolute atomic E-state index is 0.0274. The Labute approximate surface area is 132 Å². The highest BCUT2D eigenvalue weighted by atomic mass is 16.1. The second-order valence-electron chi connectivity index (χ2n) is 6.17. The molecule has 0 radical (unpaired) electrons. The van der Waals surface area contributed by atoms with Crippen LogP contribution in [-0.2, 0) is 4.79 Å². The summed E-state index contributed by atoms with van der Waals surface area (Å²) in [5.74, 6) is 1.13. The Bertz CT molecular complexity index is 692. The van der Waals surface area contributed by atoms with Gasteiger partial charge in [0.05, 0.1) is 6.54 Å². The molecular weight excluding hydrogens is 274 g/mol. The number of aromatic nitrogens is 1. The highest BCUT2D eigenvalue weighted by Crippen LogP contribution is 2.21. The van der Waals surface area contributed by atoms with Crippen LogP contribution in [0.2, 0.25) is 0 Å². The van der Waals surface area contributed by atoms with Crippen molar-refractivity contribution in [2.75, 3.05) is 18.4 Å². The van der Waals surface area contributed by atoms with E-state index in [0.717, 1.165) is 5.82 Å². The van der Waals surface area contributed by atoms with Gasteiger partial charge in [0.15, 0.2) is 0 Å². The fourth-order valence-electron chi connectivity index (χ4n) is 2.41. The summed E-state index contributed by atoms with van der Waals surface area (Å²) < 4.78 is 0. The lowest BCUT2D eigenvalue weighted by Gasteiger charge is -2.09. The number of rotatable bonds is 5. The van der Waals surface area contributed by atoms with E-state index < -0.39 is 0 Å². The van der Waals surface area contributed by atoms with Crippen molar-refractivity contribution in [2.24, 2.45) is 5.92 Å². The Morgan fingerprint density at radius 2 is 1.86 bits per heavy atom. The largest absolute Gasteiger partial charge is 0.352 e. The van der Waals surface area contributed by atoms with Crippen LogP contribution in [0.25, 0.3) is 10.9 Å². The number of aryl methyl sites for hydroxylation is 3. The zero-order valence-electron chi connectivity index (χ0n) is 14.1. The molecule has 0 unspecified atom stereocenters. The molecule has 2 aromatic rings. The molecule has 0 saturated carbocycles. The monoisotopic (exact) mass is 300 g/mol. The number of benzene rings is 1. The molecule has 2 rings (SSSR count). The van der Waals surface area contributed by atoms with Crippen molar-refractivity contribution in [3.05, 3.63) is 34.9 Å². The molecule has 1 aromatic carbocycles. The lowest BCUT2D eigenvalue weighted by Crippen LogP contribution is -2.32. The number of aromatic amines is 1. The van der Waals surface area contributed by atoms with Crippen molar-refractivity contribution in [3.8, 4) is 0 Å². The van der Waals surface area contributed by atoms with Gasteiger partial charge in [-0.25, -0.2) is 4.98 Å². The minimum Gasteiger partial charge on any atom is -0.352 e. The molecule has 1 heterocycles. The lowest BCUT2D eigenvalue weighted by molar-refractivity contribution is -0.328. The number of fused-ring (bicyclic) bond motifs is 1. The summed E-state index contributed by atoms with van der Waals surface area (Å²) in [7, 11) is 0. The number of hydrogen-bond donors (Lipinski definition) is 2. The number of carbonyl (C=O) groups excluding carboxylic acids is 1. The first-order chi connectivity index (χ1) is 10.4. The molecule has 0 fully saturated rings. The van der Waals surface area contributed by atoms with Crippen LogP contribution in [0.1, 0.15) is 30.5 Å². The number of pyridine rings is 1. The van der Waals surface area contributed by atoms with E-state index in [1.54, 1.807) is 0 Å². The van der Waals surface area contributed by atoms with Crippen LogP contribution in [0.15, 0.2) is 18.2 Å². The van der Waals surface area contributed by atoms with Gasteiger partial charge in [-0.15, -0.1) is 0 Å². The normalized spacial score (nSPS) is 11.0. The van der Waals surface area contributed by atoms with Crippen LogP contribution in [0.3, 0.4) is 0 Å². The molecular formula is C18H26N3O+. The number of amides is 1. The number of nitrogens with one attached hydrogen (secondary N) is 3. The summed E-state index contributed by atoms with van der Waals surface area (Å²) in [6.45, 7) is 11.5. The third-order valence-electron chi connectivity index (χ3n) is 4.03. The molecule has 4 heteroatoms. The molecule has 0 atom stereocenters. The second kappa shape index (κ2) is 6.77. The van der Waals surface area contributed by atoms with E-state index in [2.05, 4.69) is 54.6 Å². The van der Waals surface area contributed by atoms with Gasteiger partial charge >= 0.3 is 0 Å². The Morgan fingerprint density at radius 3 is 2.55 bits per heavy atom. The number of carbonyl (C=O) groups is 1. The maximum atomic E-state index is 11.5. The molecule has 1 aromatic heterocycles. The Morgan fingerprint density at radius 1 is 1.14 bits per heavy atom. The number of anilines is 1. The summed E-state index contributed by atoms with van der Waals surface area (Å²) in [6, 6.07) is 6.49. The van der Waals surface area contributed by atoms with Gasteiger partial charge in [-0.2, -0.15) is 0 Å². The number of H-pyrrole nitrogens is 1. The first-order valence-electron chi connectivity index (χ1n) is 7.84. The van der Waals surface area contributed by atoms with Gasteiger partial charge in [0.2, 0.25) is 5.91 Å². The molecule has 4 nitrogen and oxygen atoms in total. The van der Waals surface area contributed by atoms with Gasteiger partial charge in [-0.1, -0.05) is 26.0 Å². The van der Waals surface area contributed by atoms with Crippen molar-refractivity contribution < 1.29 is 9.78 Å². The van der Waals surface area contributed by atoms with E-state index in [-0.39, 0.29) is 11.8 Å². The molecule has 1 amide bonds. The predicted molar refractivity (Wildman–Crippen MR) is 91.1 cm³/mol. The Hall–Kier alpha value is -2.10. The zero-order valence-corrected chi connectivity index (χ0v) is 14.1. The third-order valence-corrected chi connectivity index (χ3v) is 4.03. The van der Waals surface area contributed by atoms with E-state index in [4.69, 9.17) is 0 Å². The molecule has 0 aliphatic carbocycles. The predicted octanol–water partition coefficient (Wildman–Crippen LogP) is 2.76.